The van der Waals surface area contributed by atoms with E-state index in [1.807, 2.05) is 94.5 Å². The van der Waals surface area contributed by atoms with Crippen molar-refractivity contribution in [3.8, 4) is 5.75 Å². The number of phenols is 1. The number of benzene rings is 3. The number of nitrogens with one attached hydrogen (secondary N) is 2. The van der Waals surface area contributed by atoms with Gasteiger partial charge in [0.2, 0.25) is 0 Å². The summed E-state index contributed by atoms with van der Waals surface area (Å²) in [4.78, 5) is 27.6. The third-order valence-electron chi connectivity index (χ3n) is 4.67. The summed E-state index contributed by atoms with van der Waals surface area (Å²) in [5.74, 6) is -0.768. The Hall–Kier alpha value is -2.93. The Bertz CT molecular complexity index is 1220. The molecular weight excluding hydrogens is 658 g/mol. The summed E-state index contributed by atoms with van der Waals surface area (Å²) in [5, 5.41) is 16.6. The van der Waals surface area contributed by atoms with Gasteiger partial charge in [-0.25, -0.2) is 5.43 Å². The first-order valence-corrected chi connectivity index (χ1v) is 12.3. The number of nitrogens with zero attached hydrogens (tertiary/aromatic N) is 2. The van der Waals surface area contributed by atoms with Gasteiger partial charge in [-0.05, 0) is 98.8 Å². The van der Waals surface area contributed by atoms with Crippen LogP contribution in [0, 0.1) is 7.14 Å². The number of anilines is 1. The molecule has 0 aromatic heterocycles. The zero-order valence-corrected chi connectivity index (χ0v) is 22.7. The lowest BCUT2D eigenvalue weighted by molar-refractivity contribution is -0.117. The van der Waals surface area contributed by atoms with Crippen molar-refractivity contribution in [1.29, 1.82) is 0 Å². The predicted octanol–water partition coefficient (Wildman–Crippen LogP) is 4.59. The van der Waals surface area contributed by atoms with Crippen LogP contribution in [0.1, 0.15) is 21.5 Å². The van der Waals surface area contributed by atoms with Crippen LogP contribution in [0.15, 0.2) is 77.5 Å². The third kappa shape index (κ3) is 7.03. The van der Waals surface area contributed by atoms with Gasteiger partial charge in [0.05, 0.1) is 13.4 Å². The molecular formula is C25H22I2N4O3. The largest absolute Gasteiger partial charge is 0.506 e. The summed E-state index contributed by atoms with van der Waals surface area (Å²) < 4.78 is 1.35. The molecule has 0 radical (unpaired) electrons. The number of hydrazone groups is 1. The second-order valence-electron chi connectivity index (χ2n) is 7.40. The molecule has 0 aliphatic carbocycles. The van der Waals surface area contributed by atoms with Gasteiger partial charge in [0.1, 0.15) is 11.4 Å². The third-order valence-corrected chi connectivity index (χ3v) is 6.31. The van der Waals surface area contributed by atoms with E-state index in [0.717, 1.165) is 11.3 Å². The molecule has 0 saturated heterocycles. The van der Waals surface area contributed by atoms with Gasteiger partial charge < -0.3 is 15.3 Å². The fourth-order valence-electron chi connectivity index (χ4n) is 2.86. The van der Waals surface area contributed by atoms with Crippen molar-refractivity contribution in [3.05, 3.63) is 96.3 Å². The number of carbonyl (C=O) groups excluding carboxylic acids is 2. The average Bonchev–Trinajstić information content (AvgIpc) is 2.82. The summed E-state index contributed by atoms with van der Waals surface area (Å²) in [6, 6.07) is 19.7. The van der Waals surface area contributed by atoms with E-state index in [4.69, 9.17) is 0 Å². The lowest BCUT2D eigenvalue weighted by atomic mass is 10.1. The van der Waals surface area contributed by atoms with Gasteiger partial charge in [0.15, 0.2) is 0 Å². The monoisotopic (exact) mass is 680 g/mol. The minimum Gasteiger partial charge on any atom is -0.506 e. The molecule has 3 N–H and O–H groups in total. The Morgan fingerprint density at radius 3 is 2.15 bits per heavy atom. The van der Waals surface area contributed by atoms with Gasteiger partial charge in [-0.15, -0.1) is 0 Å². The molecule has 0 aliphatic rings. The maximum atomic E-state index is 12.9. The SMILES string of the molecule is CN(C)c1ccc(C=C(NC(=O)c2ccccc2)C(=O)NN=Cc2cc(I)c(O)c(I)c2)cc1. The van der Waals surface area contributed by atoms with Gasteiger partial charge in [0.25, 0.3) is 11.8 Å². The number of amides is 2. The number of rotatable bonds is 7. The number of hydrogen-bond donors (Lipinski definition) is 3. The first kappa shape index (κ1) is 25.7. The standard InChI is InChI=1S/C25H22I2N4O3/c1-31(2)19-10-8-16(9-11-19)14-22(29-24(33)18-6-4-3-5-7-18)25(34)30-28-15-17-12-20(26)23(32)21(27)13-17/h3-15,32H,1-2H3,(H,29,33)(H,30,34). The number of halogens is 2. The molecule has 0 saturated carbocycles. The quantitative estimate of drug-likeness (QED) is 0.148. The molecule has 0 unspecified atom stereocenters. The van der Waals surface area contributed by atoms with Gasteiger partial charge >= 0.3 is 0 Å². The maximum Gasteiger partial charge on any atom is 0.287 e. The molecule has 0 bridgehead atoms. The van der Waals surface area contributed by atoms with Crippen molar-refractivity contribution in [3.63, 3.8) is 0 Å². The molecule has 0 aliphatic heterocycles. The molecule has 34 heavy (non-hydrogen) atoms. The van der Waals surface area contributed by atoms with Crippen LogP contribution < -0.4 is 15.6 Å². The van der Waals surface area contributed by atoms with E-state index in [2.05, 4.69) is 15.8 Å². The highest BCUT2D eigenvalue weighted by molar-refractivity contribution is 14.1. The van der Waals surface area contributed by atoms with E-state index in [1.54, 1.807) is 42.5 Å². The summed E-state index contributed by atoms with van der Waals surface area (Å²) in [6.07, 6.45) is 3.07. The highest BCUT2D eigenvalue weighted by Gasteiger charge is 2.14. The van der Waals surface area contributed by atoms with E-state index < -0.39 is 11.8 Å². The Labute approximate surface area is 225 Å². The smallest absolute Gasteiger partial charge is 0.287 e. The van der Waals surface area contributed by atoms with Crippen molar-refractivity contribution in [1.82, 2.24) is 10.7 Å². The van der Waals surface area contributed by atoms with Gasteiger partial charge in [0, 0.05) is 25.3 Å². The molecule has 9 heteroatoms. The Kier molecular flexibility index (Phi) is 9.05. The summed E-state index contributed by atoms with van der Waals surface area (Å²) in [7, 11) is 3.88. The lowest BCUT2D eigenvalue weighted by Gasteiger charge is -2.12. The molecule has 3 rings (SSSR count). The minimum absolute atomic E-state index is 0.0541. The van der Waals surface area contributed by atoms with Crippen molar-refractivity contribution < 1.29 is 14.7 Å². The average molecular weight is 680 g/mol. The van der Waals surface area contributed by atoms with E-state index >= 15 is 0 Å². The number of phenolic OH excluding ortho intramolecular Hbond substituents is 1. The van der Waals surface area contributed by atoms with Crippen molar-refractivity contribution in [2.45, 2.75) is 0 Å². The number of aromatic hydroxyl groups is 1. The van der Waals surface area contributed by atoms with Crippen LogP contribution in [0.5, 0.6) is 5.75 Å². The molecule has 2 amide bonds. The van der Waals surface area contributed by atoms with Crippen LogP contribution in [-0.4, -0.2) is 37.2 Å². The lowest BCUT2D eigenvalue weighted by Crippen LogP contribution is -2.32. The molecule has 174 valence electrons. The number of carbonyl (C=O) groups is 2. The second-order valence-corrected chi connectivity index (χ2v) is 9.72. The Morgan fingerprint density at radius 1 is 0.941 bits per heavy atom. The highest BCUT2D eigenvalue weighted by atomic mass is 127. The fourth-order valence-corrected chi connectivity index (χ4v) is 4.68. The van der Waals surface area contributed by atoms with E-state index in [0.29, 0.717) is 18.3 Å². The first-order chi connectivity index (χ1) is 16.2. The van der Waals surface area contributed by atoms with Gasteiger partial charge in [-0.3, -0.25) is 9.59 Å². The van der Waals surface area contributed by atoms with Crippen LogP contribution in [0.25, 0.3) is 6.08 Å². The number of hydrogen-bond acceptors (Lipinski definition) is 5. The molecule has 0 fully saturated rings. The molecule has 7 nitrogen and oxygen atoms in total. The molecule has 3 aromatic rings. The van der Waals surface area contributed by atoms with Crippen molar-refractivity contribution in [2.24, 2.45) is 5.10 Å². The Balaban J connectivity index is 1.83. The normalized spacial score (nSPS) is 11.4. The summed E-state index contributed by atoms with van der Waals surface area (Å²) in [5.41, 5.74) is 5.42. The molecule has 0 atom stereocenters. The van der Waals surface area contributed by atoms with Gasteiger partial charge in [-0.1, -0.05) is 30.3 Å². The topological polar surface area (TPSA) is 94.0 Å². The van der Waals surface area contributed by atoms with Crippen LogP contribution in [-0.2, 0) is 4.79 Å². The van der Waals surface area contributed by atoms with Crippen LogP contribution >= 0.6 is 45.2 Å². The zero-order valence-electron chi connectivity index (χ0n) is 18.4. The molecule has 0 spiro atoms. The Morgan fingerprint density at radius 2 is 1.56 bits per heavy atom. The maximum absolute atomic E-state index is 12.9. The van der Waals surface area contributed by atoms with Crippen molar-refractivity contribution >= 4 is 75.0 Å². The first-order valence-electron chi connectivity index (χ1n) is 10.1. The van der Waals surface area contributed by atoms with Crippen molar-refractivity contribution in [2.75, 3.05) is 19.0 Å². The van der Waals surface area contributed by atoms with Gasteiger partial charge in [-0.2, -0.15) is 5.10 Å². The van der Waals surface area contributed by atoms with E-state index in [-0.39, 0.29) is 11.4 Å². The molecule has 3 aromatic carbocycles. The summed E-state index contributed by atoms with van der Waals surface area (Å²) in [6.45, 7) is 0. The minimum atomic E-state index is -0.569. The van der Waals surface area contributed by atoms with E-state index in [1.165, 1.54) is 6.21 Å². The second kappa shape index (κ2) is 12.0. The summed E-state index contributed by atoms with van der Waals surface area (Å²) >= 11 is 4.05. The highest BCUT2D eigenvalue weighted by Crippen LogP contribution is 2.26. The molecule has 0 heterocycles. The van der Waals surface area contributed by atoms with Crippen LogP contribution in [0.3, 0.4) is 0 Å². The van der Waals surface area contributed by atoms with Crippen LogP contribution in [0.4, 0.5) is 5.69 Å². The fraction of sp³-hybridized carbons (Fsp3) is 0.0800. The van der Waals surface area contributed by atoms with E-state index in [9.17, 15) is 14.7 Å². The predicted molar refractivity (Wildman–Crippen MR) is 152 cm³/mol. The van der Waals surface area contributed by atoms with Crippen LogP contribution in [0.2, 0.25) is 0 Å². The zero-order chi connectivity index (χ0) is 24.7.